The Morgan fingerprint density at radius 3 is 2.41 bits per heavy atom. The summed E-state index contributed by atoms with van der Waals surface area (Å²) in [4.78, 5) is 23.0. The number of hydrogen-bond donors (Lipinski definition) is 3. The average molecular weight is 297 g/mol. The Labute approximate surface area is 129 Å². The smallest absolute Gasteiger partial charge is 0.319 e. The first-order chi connectivity index (χ1) is 10.5. The molecule has 0 aliphatic rings. The molecular weight excluding hydrogens is 278 g/mol. The lowest BCUT2D eigenvalue weighted by atomic mass is 10.2. The molecule has 5 heteroatoms. The first-order valence-electron chi connectivity index (χ1n) is 7.01. The van der Waals surface area contributed by atoms with Crippen LogP contribution in [-0.4, -0.2) is 11.9 Å². The van der Waals surface area contributed by atoms with Crippen molar-refractivity contribution in [3.63, 3.8) is 0 Å². The van der Waals surface area contributed by atoms with Crippen molar-refractivity contribution in [3.05, 3.63) is 59.7 Å². The number of amides is 3. The van der Waals surface area contributed by atoms with Gasteiger partial charge in [0.1, 0.15) is 0 Å². The molecule has 3 amide bonds. The lowest BCUT2D eigenvalue weighted by molar-refractivity contribution is -0.114. The molecule has 2 aromatic carbocycles. The van der Waals surface area contributed by atoms with E-state index in [0.29, 0.717) is 17.9 Å². The van der Waals surface area contributed by atoms with Gasteiger partial charge in [0.25, 0.3) is 0 Å². The molecule has 3 N–H and O–H groups in total. The number of benzene rings is 2. The highest BCUT2D eigenvalue weighted by atomic mass is 16.2. The van der Waals surface area contributed by atoms with Gasteiger partial charge in [-0.05, 0) is 30.2 Å². The summed E-state index contributed by atoms with van der Waals surface area (Å²) in [6, 6.07) is 14.8. The lowest BCUT2D eigenvalue weighted by Crippen LogP contribution is -2.28. The maximum absolute atomic E-state index is 12.0. The molecule has 0 bridgehead atoms. The Morgan fingerprint density at radius 1 is 1.00 bits per heavy atom. The van der Waals surface area contributed by atoms with Crippen LogP contribution in [0.25, 0.3) is 0 Å². The minimum Gasteiger partial charge on any atom is -0.334 e. The van der Waals surface area contributed by atoms with Crippen molar-refractivity contribution >= 4 is 23.3 Å². The molecule has 114 valence electrons. The third-order valence-electron chi connectivity index (χ3n) is 3.10. The van der Waals surface area contributed by atoms with E-state index < -0.39 is 0 Å². The Morgan fingerprint density at radius 2 is 1.73 bits per heavy atom. The van der Waals surface area contributed by atoms with E-state index >= 15 is 0 Å². The summed E-state index contributed by atoms with van der Waals surface area (Å²) in [5.41, 5.74) is 3.26. The number of nitrogens with one attached hydrogen (secondary N) is 3. The maximum Gasteiger partial charge on any atom is 0.319 e. The highest BCUT2D eigenvalue weighted by Crippen LogP contribution is 2.20. The van der Waals surface area contributed by atoms with Crippen LogP contribution >= 0.6 is 0 Å². The quantitative estimate of drug-likeness (QED) is 0.810. The van der Waals surface area contributed by atoms with Gasteiger partial charge in [-0.15, -0.1) is 0 Å². The average Bonchev–Trinajstić information content (AvgIpc) is 2.49. The molecule has 0 radical (unpaired) electrons. The molecule has 2 aromatic rings. The highest BCUT2D eigenvalue weighted by molar-refractivity contribution is 5.93. The summed E-state index contributed by atoms with van der Waals surface area (Å²) >= 11 is 0. The largest absolute Gasteiger partial charge is 0.334 e. The van der Waals surface area contributed by atoms with Crippen LogP contribution in [0.3, 0.4) is 0 Å². The van der Waals surface area contributed by atoms with Gasteiger partial charge in [0.05, 0.1) is 0 Å². The van der Waals surface area contributed by atoms with E-state index in [1.54, 1.807) is 12.1 Å². The van der Waals surface area contributed by atoms with E-state index in [9.17, 15) is 9.59 Å². The van der Waals surface area contributed by atoms with Crippen LogP contribution in [0.5, 0.6) is 0 Å². The summed E-state index contributed by atoms with van der Waals surface area (Å²) < 4.78 is 0. The van der Waals surface area contributed by atoms with Gasteiger partial charge in [0.15, 0.2) is 0 Å². The molecule has 0 spiro atoms. The van der Waals surface area contributed by atoms with Gasteiger partial charge in [-0.3, -0.25) is 4.79 Å². The van der Waals surface area contributed by atoms with Crippen molar-refractivity contribution in [2.45, 2.75) is 20.4 Å². The first kappa shape index (κ1) is 15.6. The Kier molecular flexibility index (Phi) is 5.14. The van der Waals surface area contributed by atoms with Crippen molar-refractivity contribution in [3.8, 4) is 0 Å². The normalized spacial score (nSPS) is 9.91. The zero-order chi connectivity index (χ0) is 15.9. The van der Waals surface area contributed by atoms with Gasteiger partial charge in [0, 0.05) is 24.8 Å². The number of carbonyl (C=O) groups is 2. The number of rotatable bonds is 4. The van der Waals surface area contributed by atoms with E-state index in [1.165, 1.54) is 6.92 Å². The topological polar surface area (TPSA) is 70.2 Å². The highest BCUT2D eigenvalue weighted by Gasteiger charge is 2.06. The molecule has 0 aliphatic carbocycles. The maximum atomic E-state index is 12.0. The molecule has 0 fully saturated rings. The fourth-order valence-corrected chi connectivity index (χ4v) is 1.98. The fourth-order valence-electron chi connectivity index (χ4n) is 1.98. The van der Waals surface area contributed by atoms with Crippen LogP contribution in [0.1, 0.15) is 18.1 Å². The second kappa shape index (κ2) is 7.26. The van der Waals surface area contributed by atoms with Crippen molar-refractivity contribution in [2.75, 3.05) is 10.6 Å². The summed E-state index contributed by atoms with van der Waals surface area (Å²) in [5.74, 6) is -0.150. The summed E-state index contributed by atoms with van der Waals surface area (Å²) in [6.45, 7) is 3.79. The molecule has 22 heavy (non-hydrogen) atoms. The van der Waals surface area contributed by atoms with E-state index in [4.69, 9.17) is 0 Å². The number of aryl methyl sites for hydroxylation is 1. The molecule has 0 aromatic heterocycles. The monoisotopic (exact) mass is 297 g/mol. The third kappa shape index (κ3) is 4.63. The molecule has 0 atom stereocenters. The second-order valence-electron chi connectivity index (χ2n) is 5.00. The van der Waals surface area contributed by atoms with Crippen molar-refractivity contribution < 1.29 is 9.59 Å². The molecule has 0 unspecified atom stereocenters. The van der Waals surface area contributed by atoms with Gasteiger partial charge in [-0.25, -0.2) is 4.79 Å². The van der Waals surface area contributed by atoms with Crippen molar-refractivity contribution in [2.24, 2.45) is 0 Å². The van der Waals surface area contributed by atoms with Crippen LogP contribution in [0.2, 0.25) is 0 Å². The zero-order valence-electron chi connectivity index (χ0n) is 12.6. The van der Waals surface area contributed by atoms with Crippen LogP contribution < -0.4 is 16.0 Å². The van der Waals surface area contributed by atoms with Gasteiger partial charge < -0.3 is 16.0 Å². The lowest BCUT2D eigenvalue weighted by Gasteiger charge is -2.12. The predicted molar refractivity (Wildman–Crippen MR) is 87.8 cm³/mol. The summed E-state index contributed by atoms with van der Waals surface area (Å²) in [5, 5.41) is 8.28. The standard InChI is InChI=1S/C17H19N3O2/c1-12-8-9-15(19-13(2)21)10-16(12)20-17(22)18-11-14-6-4-3-5-7-14/h3-10H,11H2,1-2H3,(H,19,21)(H2,18,20,22). The molecule has 0 aliphatic heterocycles. The third-order valence-corrected chi connectivity index (χ3v) is 3.10. The van der Waals surface area contributed by atoms with E-state index in [1.807, 2.05) is 43.3 Å². The molecule has 2 rings (SSSR count). The van der Waals surface area contributed by atoms with Crippen LogP contribution in [-0.2, 0) is 11.3 Å². The van der Waals surface area contributed by atoms with Crippen LogP contribution in [0.15, 0.2) is 48.5 Å². The van der Waals surface area contributed by atoms with Crippen molar-refractivity contribution in [1.29, 1.82) is 0 Å². The molecule has 0 saturated carbocycles. The number of urea groups is 1. The zero-order valence-corrected chi connectivity index (χ0v) is 12.6. The predicted octanol–water partition coefficient (Wildman–Crippen LogP) is 3.28. The Balaban J connectivity index is 1.97. The Hall–Kier alpha value is -2.82. The summed E-state index contributed by atoms with van der Waals surface area (Å²) in [6.07, 6.45) is 0. The second-order valence-corrected chi connectivity index (χ2v) is 5.00. The van der Waals surface area contributed by atoms with E-state index in [2.05, 4.69) is 16.0 Å². The fraction of sp³-hybridized carbons (Fsp3) is 0.176. The minimum atomic E-state index is -0.285. The van der Waals surface area contributed by atoms with Gasteiger partial charge in [-0.2, -0.15) is 0 Å². The van der Waals surface area contributed by atoms with Gasteiger partial charge >= 0.3 is 6.03 Å². The number of carbonyl (C=O) groups excluding carboxylic acids is 2. The van der Waals surface area contributed by atoms with Crippen molar-refractivity contribution in [1.82, 2.24) is 5.32 Å². The minimum absolute atomic E-state index is 0.150. The summed E-state index contributed by atoms with van der Waals surface area (Å²) in [7, 11) is 0. The Bertz CT molecular complexity index is 669. The van der Waals surface area contributed by atoms with Crippen LogP contribution in [0.4, 0.5) is 16.2 Å². The first-order valence-corrected chi connectivity index (χ1v) is 7.01. The molecule has 0 heterocycles. The van der Waals surface area contributed by atoms with Crippen LogP contribution in [0, 0.1) is 6.92 Å². The van der Waals surface area contributed by atoms with Gasteiger partial charge in [-0.1, -0.05) is 36.4 Å². The van der Waals surface area contributed by atoms with E-state index in [-0.39, 0.29) is 11.9 Å². The number of anilines is 2. The molecular formula is C17H19N3O2. The number of hydrogen-bond acceptors (Lipinski definition) is 2. The van der Waals surface area contributed by atoms with E-state index in [0.717, 1.165) is 11.1 Å². The molecule has 5 nitrogen and oxygen atoms in total. The van der Waals surface area contributed by atoms with Gasteiger partial charge in [0.2, 0.25) is 5.91 Å². The SMILES string of the molecule is CC(=O)Nc1ccc(C)c(NC(=O)NCc2ccccc2)c1. The molecule has 0 saturated heterocycles.